The van der Waals surface area contributed by atoms with Gasteiger partial charge < -0.3 is 20.7 Å². The Morgan fingerprint density at radius 1 is 1.69 bits per heavy atom. The lowest BCUT2D eigenvalue weighted by atomic mass is 9.98. The molecule has 1 rings (SSSR count). The lowest BCUT2D eigenvalue weighted by Crippen LogP contribution is -2.44. The first-order valence-corrected chi connectivity index (χ1v) is 5.86. The van der Waals surface area contributed by atoms with E-state index in [0.29, 0.717) is 5.92 Å². The van der Waals surface area contributed by atoms with E-state index in [1.807, 2.05) is 0 Å². The molecule has 1 saturated heterocycles. The molecular formula is C11H23N3O2. The van der Waals surface area contributed by atoms with Crippen LogP contribution in [0.4, 0.5) is 0 Å². The van der Waals surface area contributed by atoms with Crippen LogP contribution < -0.4 is 11.1 Å². The van der Waals surface area contributed by atoms with E-state index in [2.05, 4.69) is 17.3 Å². The molecule has 1 amide bonds. The first-order valence-electron chi connectivity index (χ1n) is 5.86. The van der Waals surface area contributed by atoms with Crippen molar-refractivity contribution in [3.8, 4) is 0 Å². The number of carbonyl (C=O) groups is 1. The van der Waals surface area contributed by atoms with Crippen LogP contribution in [0.3, 0.4) is 0 Å². The third-order valence-corrected chi connectivity index (χ3v) is 3.08. The maximum Gasteiger partial charge on any atom is 0.250 e. The molecule has 2 unspecified atom stereocenters. The number of amides is 1. The molecule has 0 spiro atoms. The standard InChI is InChI=1S/C11H23N3O2/c1-14-5-3-4-9(8-14)7-13-11(15)10(6-12)16-2/h9-10H,3-8,12H2,1-2H3,(H,13,15). The smallest absolute Gasteiger partial charge is 0.250 e. The van der Waals surface area contributed by atoms with E-state index in [-0.39, 0.29) is 12.5 Å². The van der Waals surface area contributed by atoms with Crippen molar-refractivity contribution in [3.05, 3.63) is 0 Å². The third kappa shape index (κ3) is 4.08. The van der Waals surface area contributed by atoms with Gasteiger partial charge in [0.15, 0.2) is 0 Å². The number of nitrogens with two attached hydrogens (primary N) is 1. The number of carbonyl (C=O) groups excluding carboxylic acids is 1. The number of hydrogen-bond donors (Lipinski definition) is 2. The van der Waals surface area contributed by atoms with E-state index >= 15 is 0 Å². The number of rotatable bonds is 5. The van der Waals surface area contributed by atoms with Crippen LogP contribution in [-0.2, 0) is 9.53 Å². The Kier molecular flexibility index (Phi) is 5.73. The number of ether oxygens (including phenoxy) is 1. The number of likely N-dealkylation sites (tertiary alicyclic amines) is 1. The van der Waals surface area contributed by atoms with Gasteiger partial charge in [0.1, 0.15) is 6.10 Å². The van der Waals surface area contributed by atoms with E-state index in [1.54, 1.807) is 0 Å². The van der Waals surface area contributed by atoms with Crippen LogP contribution in [0, 0.1) is 5.92 Å². The number of nitrogens with one attached hydrogen (secondary N) is 1. The van der Waals surface area contributed by atoms with Crippen molar-refractivity contribution in [1.29, 1.82) is 0 Å². The molecule has 0 saturated carbocycles. The van der Waals surface area contributed by atoms with Gasteiger partial charge >= 0.3 is 0 Å². The van der Waals surface area contributed by atoms with Crippen LogP contribution in [0.15, 0.2) is 0 Å². The van der Waals surface area contributed by atoms with Gasteiger partial charge in [-0.3, -0.25) is 4.79 Å². The molecule has 5 nitrogen and oxygen atoms in total. The number of nitrogens with zero attached hydrogens (tertiary/aromatic N) is 1. The minimum atomic E-state index is -0.513. The van der Waals surface area contributed by atoms with Gasteiger partial charge in [0.05, 0.1) is 0 Å². The summed E-state index contributed by atoms with van der Waals surface area (Å²) >= 11 is 0. The summed E-state index contributed by atoms with van der Waals surface area (Å²) < 4.78 is 4.97. The lowest BCUT2D eigenvalue weighted by Gasteiger charge is -2.30. The number of hydrogen-bond acceptors (Lipinski definition) is 4. The summed E-state index contributed by atoms with van der Waals surface area (Å²) in [6.07, 6.45) is 1.88. The van der Waals surface area contributed by atoms with Gasteiger partial charge in [0, 0.05) is 26.7 Å². The second-order valence-corrected chi connectivity index (χ2v) is 4.48. The summed E-state index contributed by atoms with van der Waals surface area (Å²) in [4.78, 5) is 13.9. The monoisotopic (exact) mass is 229 g/mol. The van der Waals surface area contributed by atoms with Gasteiger partial charge in [-0.15, -0.1) is 0 Å². The van der Waals surface area contributed by atoms with Gasteiger partial charge in [-0.05, 0) is 32.4 Å². The fourth-order valence-electron chi connectivity index (χ4n) is 2.11. The van der Waals surface area contributed by atoms with Gasteiger partial charge in [-0.1, -0.05) is 0 Å². The Morgan fingerprint density at radius 3 is 3.00 bits per heavy atom. The van der Waals surface area contributed by atoms with Crippen molar-refractivity contribution in [2.75, 3.05) is 40.3 Å². The fraction of sp³-hybridized carbons (Fsp3) is 0.909. The Labute approximate surface area is 97.3 Å². The maximum absolute atomic E-state index is 11.6. The molecule has 94 valence electrons. The van der Waals surface area contributed by atoms with E-state index in [1.165, 1.54) is 20.0 Å². The summed E-state index contributed by atoms with van der Waals surface area (Å²) in [5.41, 5.74) is 5.42. The molecule has 1 aliphatic heterocycles. The molecule has 2 atom stereocenters. The molecule has 0 aromatic rings. The van der Waals surface area contributed by atoms with E-state index in [4.69, 9.17) is 10.5 Å². The summed E-state index contributed by atoms with van der Waals surface area (Å²) in [5.74, 6) is 0.455. The van der Waals surface area contributed by atoms with E-state index in [0.717, 1.165) is 19.6 Å². The first kappa shape index (κ1) is 13.4. The summed E-state index contributed by atoms with van der Waals surface area (Å²) in [7, 11) is 3.62. The summed E-state index contributed by atoms with van der Waals surface area (Å²) in [5, 5.41) is 2.90. The van der Waals surface area contributed by atoms with Gasteiger partial charge in [0.2, 0.25) is 5.91 Å². The third-order valence-electron chi connectivity index (χ3n) is 3.08. The van der Waals surface area contributed by atoms with E-state index in [9.17, 15) is 4.79 Å². The zero-order valence-corrected chi connectivity index (χ0v) is 10.2. The van der Waals surface area contributed by atoms with Gasteiger partial charge in [-0.25, -0.2) is 0 Å². The second-order valence-electron chi connectivity index (χ2n) is 4.48. The van der Waals surface area contributed by atoms with Crippen molar-refractivity contribution in [2.45, 2.75) is 18.9 Å². The van der Waals surface area contributed by atoms with Gasteiger partial charge in [-0.2, -0.15) is 0 Å². The average Bonchev–Trinajstić information content (AvgIpc) is 2.28. The van der Waals surface area contributed by atoms with Crippen LogP contribution in [0.2, 0.25) is 0 Å². The minimum Gasteiger partial charge on any atom is -0.370 e. The zero-order chi connectivity index (χ0) is 12.0. The second kappa shape index (κ2) is 6.83. The SMILES string of the molecule is COC(CN)C(=O)NCC1CCCN(C)C1. The first-order chi connectivity index (χ1) is 7.67. The van der Waals surface area contributed by atoms with Crippen molar-refractivity contribution in [3.63, 3.8) is 0 Å². The highest BCUT2D eigenvalue weighted by Gasteiger charge is 2.20. The largest absolute Gasteiger partial charge is 0.370 e. The molecule has 1 aliphatic rings. The molecule has 0 aromatic heterocycles. The summed E-state index contributed by atoms with van der Waals surface area (Å²) in [6.45, 7) is 3.17. The topological polar surface area (TPSA) is 67.6 Å². The molecule has 0 aliphatic carbocycles. The minimum absolute atomic E-state index is 0.0989. The lowest BCUT2D eigenvalue weighted by molar-refractivity contribution is -0.130. The normalized spacial score (nSPS) is 24.1. The van der Waals surface area contributed by atoms with Crippen molar-refractivity contribution >= 4 is 5.91 Å². The molecule has 0 radical (unpaired) electrons. The molecule has 0 bridgehead atoms. The molecule has 5 heteroatoms. The maximum atomic E-state index is 11.6. The van der Waals surface area contributed by atoms with Gasteiger partial charge in [0.25, 0.3) is 0 Å². The highest BCUT2D eigenvalue weighted by Crippen LogP contribution is 2.13. The van der Waals surface area contributed by atoms with Crippen LogP contribution in [-0.4, -0.2) is 57.2 Å². The molecule has 1 fully saturated rings. The number of methoxy groups -OCH3 is 1. The Balaban J connectivity index is 2.25. The molecule has 16 heavy (non-hydrogen) atoms. The predicted molar refractivity (Wildman–Crippen MR) is 63.1 cm³/mol. The van der Waals surface area contributed by atoms with Crippen molar-refractivity contribution in [2.24, 2.45) is 11.7 Å². The van der Waals surface area contributed by atoms with Crippen LogP contribution >= 0.6 is 0 Å². The Hall–Kier alpha value is -0.650. The molecule has 0 aromatic carbocycles. The Bertz CT molecular complexity index is 219. The average molecular weight is 229 g/mol. The van der Waals surface area contributed by atoms with Crippen molar-refractivity contribution in [1.82, 2.24) is 10.2 Å². The summed E-state index contributed by atoms with van der Waals surface area (Å²) in [6, 6.07) is 0. The Morgan fingerprint density at radius 2 is 2.44 bits per heavy atom. The highest BCUT2D eigenvalue weighted by molar-refractivity contribution is 5.80. The van der Waals surface area contributed by atoms with Crippen LogP contribution in [0.1, 0.15) is 12.8 Å². The van der Waals surface area contributed by atoms with Crippen molar-refractivity contribution < 1.29 is 9.53 Å². The van der Waals surface area contributed by atoms with Crippen LogP contribution in [0.25, 0.3) is 0 Å². The molecule has 3 N–H and O–H groups in total. The molecular weight excluding hydrogens is 206 g/mol. The predicted octanol–water partition coefficient (Wildman–Crippen LogP) is -0.582. The van der Waals surface area contributed by atoms with E-state index < -0.39 is 6.10 Å². The zero-order valence-electron chi connectivity index (χ0n) is 10.2. The van der Waals surface area contributed by atoms with Crippen LogP contribution in [0.5, 0.6) is 0 Å². The number of piperidine rings is 1. The fourth-order valence-corrected chi connectivity index (χ4v) is 2.11. The molecule has 1 heterocycles. The highest BCUT2D eigenvalue weighted by atomic mass is 16.5. The quantitative estimate of drug-likeness (QED) is 0.662.